The molecule has 0 spiro atoms. The van der Waals surface area contributed by atoms with Crippen LogP contribution in [0.1, 0.15) is 71.8 Å². The first-order chi connectivity index (χ1) is 13.6. The second-order valence-electron chi connectivity index (χ2n) is 9.24. The number of carbonyl (C=O) groups excluding carboxylic acids is 2. The molecule has 29 heavy (non-hydrogen) atoms. The van der Waals surface area contributed by atoms with E-state index in [1.165, 1.54) is 6.42 Å². The zero-order chi connectivity index (χ0) is 21.6. The van der Waals surface area contributed by atoms with Gasteiger partial charge in [-0.25, -0.2) is 4.79 Å². The summed E-state index contributed by atoms with van der Waals surface area (Å²) in [4.78, 5) is 29.1. The fourth-order valence-electron chi connectivity index (χ4n) is 3.81. The van der Waals surface area contributed by atoms with E-state index in [1.54, 1.807) is 0 Å². The van der Waals surface area contributed by atoms with Gasteiger partial charge in [-0.3, -0.25) is 4.79 Å². The van der Waals surface area contributed by atoms with E-state index >= 15 is 0 Å². The van der Waals surface area contributed by atoms with E-state index in [1.807, 2.05) is 64.9 Å². The van der Waals surface area contributed by atoms with Crippen molar-refractivity contribution in [2.75, 3.05) is 24.3 Å². The Bertz CT molecular complexity index is 703. The van der Waals surface area contributed by atoms with Gasteiger partial charge in [0.05, 0.1) is 0 Å². The molecular weight excluding hydrogens is 364 g/mol. The summed E-state index contributed by atoms with van der Waals surface area (Å²) in [7, 11) is 4.01. The number of nitrogens with one attached hydrogen (secondary N) is 2. The van der Waals surface area contributed by atoms with Crippen LogP contribution in [0.25, 0.3) is 0 Å². The van der Waals surface area contributed by atoms with Crippen molar-refractivity contribution in [3.05, 3.63) is 23.8 Å². The van der Waals surface area contributed by atoms with E-state index in [0.29, 0.717) is 13.0 Å². The summed E-state index contributed by atoms with van der Waals surface area (Å²) in [6, 6.07) is 6.17. The molecule has 1 aliphatic rings. The van der Waals surface area contributed by atoms with Gasteiger partial charge in [0.2, 0.25) is 5.91 Å². The lowest BCUT2D eigenvalue weighted by Gasteiger charge is -2.37. The third-order valence-corrected chi connectivity index (χ3v) is 5.27. The lowest BCUT2D eigenvalue weighted by molar-refractivity contribution is -0.115. The van der Waals surface area contributed by atoms with Crippen LogP contribution < -0.4 is 15.5 Å². The number of carbonyl (C=O) groups is 2. The molecule has 1 aromatic carbocycles. The molecule has 0 saturated heterocycles. The van der Waals surface area contributed by atoms with Crippen LogP contribution in [0.15, 0.2) is 18.2 Å². The molecule has 1 fully saturated rings. The van der Waals surface area contributed by atoms with Crippen molar-refractivity contribution in [2.45, 2.75) is 84.3 Å². The first kappa shape index (κ1) is 23.0. The average molecular weight is 403 g/mol. The van der Waals surface area contributed by atoms with Crippen LogP contribution in [-0.2, 0) is 11.3 Å². The molecule has 0 heterocycles. The molecule has 3 amide bonds. The summed E-state index contributed by atoms with van der Waals surface area (Å²) < 4.78 is 0. The number of hydrogen-bond donors (Lipinski definition) is 2. The van der Waals surface area contributed by atoms with Crippen molar-refractivity contribution in [3.8, 4) is 0 Å². The highest BCUT2D eigenvalue weighted by molar-refractivity contribution is 5.91. The molecule has 162 valence electrons. The Hall–Kier alpha value is -2.24. The monoisotopic (exact) mass is 402 g/mol. The van der Waals surface area contributed by atoms with E-state index in [-0.39, 0.29) is 23.5 Å². The molecule has 1 saturated carbocycles. The highest BCUT2D eigenvalue weighted by atomic mass is 16.2. The molecular formula is C23H38N4O2. The normalized spacial score (nSPS) is 15.0. The van der Waals surface area contributed by atoms with Gasteiger partial charge in [0, 0.05) is 50.0 Å². The number of nitrogens with zero attached hydrogens (tertiary/aromatic N) is 2. The molecule has 0 unspecified atom stereocenters. The predicted octanol–water partition coefficient (Wildman–Crippen LogP) is 4.74. The second kappa shape index (κ2) is 9.99. The Balaban J connectivity index is 2.34. The Morgan fingerprint density at radius 1 is 1.10 bits per heavy atom. The molecule has 0 bridgehead atoms. The van der Waals surface area contributed by atoms with Crippen LogP contribution in [0.2, 0.25) is 0 Å². The highest BCUT2D eigenvalue weighted by Crippen LogP contribution is 2.29. The minimum atomic E-state index is -0.286. The summed E-state index contributed by atoms with van der Waals surface area (Å²) in [5.41, 5.74) is 2.59. The number of rotatable bonds is 6. The smallest absolute Gasteiger partial charge is 0.318 e. The minimum absolute atomic E-state index is 0.0110. The van der Waals surface area contributed by atoms with E-state index < -0.39 is 0 Å². The van der Waals surface area contributed by atoms with Crippen molar-refractivity contribution < 1.29 is 9.59 Å². The molecule has 1 aliphatic carbocycles. The lowest BCUT2D eigenvalue weighted by Crippen LogP contribution is -2.52. The molecule has 1 aromatic rings. The Morgan fingerprint density at radius 2 is 1.76 bits per heavy atom. The molecule has 6 nitrogen and oxygen atoms in total. The number of hydrogen-bond acceptors (Lipinski definition) is 3. The zero-order valence-corrected chi connectivity index (χ0v) is 19.0. The molecule has 2 N–H and O–H groups in total. The predicted molar refractivity (Wildman–Crippen MR) is 120 cm³/mol. The topological polar surface area (TPSA) is 64.7 Å². The number of amides is 3. The average Bonchev–Trinajstić information content (AvgIpc) is 2.65. The molecule has 0 radical (unpaired) electrons. The third kappa shape index (κ3) is 6.94. The first-order valence-electron chi connectivity index (χ1n) is 10.8. The van der Waals surface area contributed by atoms with Crippen LogP contribution in [0, 0.1) is 0 Å². The van der Waals surface area contributed by atoms with Crippen molar-refractivity contribution >= 4 is 23.3 Å². The summed E-state index contributed by atoms with van der Waals surface area (Å²) in [6.07, 6.45) is 6.09. The van der Waals surface area contributed by atoms with Gasteiger partial charge in [-0.05, 0) is 57.4 Å². The minimum Gasteiger partial charge on any atom is -0.377 e. The van der Waals surface area contributed by atoms with Crippen LogP contribution in [-0.4, -0.2) is 42.5 Å². The number of anilines is 2. The van der Waals surface area contributed by atoms with E-state index in [0.717, 1.165) is 42.6 Å². The Morgan fingerprint density at radius 3 is 2.31 bits per heavy atom. The van der Waals surface area contributed by atoms with Gasteiger partial charge >= 0.3 is 6.03 Å². The summed E-state index contributed by atoms with van der Waals surface area (Å²) in [6.45, 7) is 8.39. The summed E-state index contributed by atoms with van der Waals surface area (Å²) in [5, 5.41) is 6.09. The van der Waals surface area contributed by atoms with Gasteiger partial charge in [-0.2, -0.15) is 0 Å². The van der Waals surface area contributed by atoms with Crippen molar-refractivity contribution in [3.63, 3.8) is 0 Å². The van der Waals surface area contributed by atoms with Gasteiger partial charge in [-0.1, -0.05) is 26.2 Å². The van der Waals surface area contributed by atoms with Gasteiger partial charge in [0.1, 0.15) is 0 Å². The quantitative estimate of drug-likeness (QED) is 0.722. The van der Waals surface area contributed by atoms with E-state index in [9.17, 15) is 9.59 Å². The lowest BCUT2D eigenvalue weighted by atomic mass is 9.93. The van der Waals surface area contributed by atoms with Gasteiger partial charge in [0.15, 0.2) is 0 Å². The molecule has 0 aliphatic heterocycles. The maximum Gasteiger partial charge on any atom is 0.318 e. The Labute approximate surface area is 176 Å². The molecule has 6 heteroatoms. The standard InChI is InChI=1S/C23H38N4O2/c1-7-21(28)24-18-13-14-20(26(5)6)17(15-18)16-27(19-11-9-8-10-12-19)22(29)25-23(2,3)4/h13-15,19H,7-12,16H2,1-6H3,(H,24,28)(H,25,29). The van der Waals surface area contributed by atoms with Gasteiger partial charge in [-0.15, -0.1) is 0 Å². The zero-order valence-electron chi connectivity index (χ0n) is 19.0. The SMILES string of the molecule is CCC(=O)Nc1ccc(N(C)C)c(CN(C(=O)NC(C)(C)C)C2CCCCC2)c1. The fraction of sp³-hybridized carbons (Fsp3) is 0.652. The molecule has 0 aromatic heterocycles. The van der Waals surface area contributed by atoms with Crippen LogP contribution in [0.3, 0.4) is 0 Å². The van der Waals surface area contributed by atoms with E-state index in [2.05, 4.69) is 15.5 Å². The van der Waals surface area contributed by atoms with Crippen molar-refractivity contribution in [2.24, 2.45) is 0 Å². The summed E-state index contributed by atoms with van der Waals surface area (Å²) >= 11 is 0. The third-order valence-electron chi connectivity index (χ3n) is 5.27. The number of urea groups is 1. The molecule has 2 rings (SSSR count). The van der Waals surface area contributed by atoms with Gasteiger partial charge in [0.25, 0.3) is 0 Å². The molecule has 0 atom stereocenters. The van der Waals surface area contributed by atoms with Crippen molar-refractivity contribution in [1.29, 1.82) is 0 Å². The van der Waals surface area contributed by atoms with Crippen LogP contribution in [0.4, 0.5) is 16.2 Å². The summed E-state index contributed by atoms with van der Waals surface area (Å²) in [5.74, 6) is -0.0110. The fourth-order valence-corrected chi connectivity index (χ4v) is 3.81. The first-order valence-corrected chi connectivity index (χ1v) is 10.8. The maximum atomic E-state index is 13.2. The van der Waals surface area contributed by atoms with Crippen LogP contribution >= 0.6 is 0 Å². The number of benzene rings is 1. The van der Waals surface area contributed by atoms with E-state index in [4.69, 9.17) is 0 Å². The second-order valence-corrected chi connectivity index (χ2v) is 9.24. The largest absolute Gasteiger partial charge is 0.377 e. The van der Waals surface area contributed by atoms with Gasteiger partial charge < -0.3 is 20.4 Å². The van der Waals surface area contributed by atoms with Crippen molar-refractivity contribution in [1.82, 2.24) is 10.2 Å². The van der Waals surface area contributed by atoms with Crippen LogP contribution in [0.5, 0.6) is 0 Å². The Kier molecular flexibility index (Phi) is 7.94. The highest BCUT2D eigenvalue weighted by Gasteiger charge is 2.28. The maximum absolute atomic E-state index is 13.2.